The third kappa shape index (κ3) is 3.56. The van der Waals surface area contributed by atoms with Crippen LogP contribution >= 0.6 is 7.60 Å². The molecule has 0 bridgehead atoms. The van der Waals surface area contributed by atoms with Crippen LogP contribution in [0.15, 0.2) is 42.7 Å². The van der Waals surface area contributed by atoms with Crippen molar-refractivity contribution >= 4 is 35.3 Å². The van der Waals surface area contributed by atoms with Gasteiger partial charge in [0.2, 0.25) is 0 Å². The fourth-order valence-electron chi connectivity index (χ4n) is 2.35. The zero-order valence-electron chi connectivity index (χ0n) is 13.5. The fourth-order valence-corrected chi connectivity index (χ4v) is 2.88. The third-order valence-corrected chi connectivity index (χ3v) is 4.55. The van der Waals surface area contributed by atoms with Crippen molar-refractivity contribution in [2.24, 2.45) is 0 Å². The lowest BCUT2D eigenvalue weighted by molar-refractivity contribution is -0.188. The van der Waals surface area contributed by atoms with Crippen LogP contribution in [0.4, 0.5) is 11.5 Å². The maximum absolute atomic E-state index is 11.1. The van der Waals surface area contributed by atoms with E-state index in [0.717, 1.165) is 0 Å². The lowest BCUT2D eigenvalue weighted by Crippen LogP contribution is -2.13. The second kappa shape index (κ2) is 6.68. The molecule has 1 aromatic heterocycles. The molecule has 3 aromatic rings. The van der Waals surface area contributed by atoms with Gasteiger partial charge in [-0.2, -0.15) is 0 Å². The Hall–Kier alpha value is -2.67. The second-order valence-electron chi connectivity index (χ2n) is 5.14. The zero-order chi connectivity index (χ0) is 18.0. The maximum atomic E-state index is 11.1. The van der Waals surface area contributed by atoms with E-state index >= 15 is 0 Å². The predicted molar refractivity (Wildman–Crippen MR) is 91.8 cm³/mol. The molecule has 25 heavy (non-hydrogen) atoms. The number of nitrogens with zero attached hydrogens (tertiary/aromatic N) is 2. The smallest absolute Gasteiger partial charge is 0.162 e. The summed E-state index contributed by atoms with van der Waals surface area (Å²) in [5.41, 5.74) is 1.26. The summed E-state index contributed by atoms with van der Waals surface area (Å²) < 4.78 is 21.7. The minimum Gasteiger partial charge on any atom is -0.775 e. The zero-order valence-corrected chi connectivity index (χ0v) is 14.4. The number of anilines is 2. The van der Waals surface area contributed by atoms with Crippen LogP contribution < -0.4 is 25.0 Å². The van der Waals surface area contributed by atoms with E-state index in [-0.39, 0.29) is 5.30 Å². The van der Waals surface area contributed by atoms with Crippen molar-refractivity contribution < 1.29 is 23.8 Å². The summed E-state index contributed by atoms with van der Waals surface area (Å²) in [4.78, 5) is 28.6. The van der Waals surface area contributed by atoms with E-state index in [0.29, 0.717) is 33.9 Å². The van der Waals surface area contributed by atoms with E-state index in [2.05, 4.69) is 15.3 Å². The highest BCUT2D eigenvalue weighted by atomic mass is 31.2. The molecule has 8 nitrogen and oxygen atoms in total. The van der Waals surface area contributed by atoms with Crippen LogP contribution in [0.25, 0.3) is 10.9 Å². The Kier molecular flexibility index (Phi) is 4.59. The molecule has 0 aliphatic heterocycles. The third-order valence-electron chi connectivity index (χ3n) is 3.60. The number of nitrogens with one attached hydrogen (secondary N) is 1. The number of fused-ring (bicyclic) bond motifs is 1. The Morgan fingerprint density at radius 1 is 1.08 bits per heavy atom. The number of hydrogen-bond donors (Lipinski definition) is 2. The summed E-state index contributed by atoms with van der Waals surface area (Å²) in [6.45, 7) is 0. The van der Waals surface area contributed by atoms with Crippen LogP contribution in [0.3, 0.4) is 0 Å². The summed E-state index contributed by atoms with van der Waals surface area (Å²) in [5.74, 6) is 1.61. The molecule has 2 aromatic carbocycles. The van der Waals surface area contributed by atoms with Crippen LogP contribution in [-0.2, 0) is 4.57 Å². The molecular formula is C16H15N3O5P-. The first-order valence-corrected chi connectivity index (χ1v) is 8.78. The van der Waals surface area contributed by atoms with E-state index in [1.54, 1.807) is 19.2 Å². The standard InChI is InChI=1S/C16H16N3O5P/c1-23-14-7-12-13(8-15(14)24-2)17-9-18-16(12)19-10-3-5-11(6-4-10)25(20,21)22/h3-9H,1-2H3,(H,17,18,19)(H2,20,21,22)/p-1. The number of rotatable bonds is 5. The van der Waals surface area contributed by atoms with Crippen LogP contribution in [-0.4, -0.2) is 29.1 Å². The molecular weight excluding hydrogens is 345 g/mol. The van der Waals surface area contributed by atoms with Crippen molar-refractivity contribution in [3.8, 4) is 11.5 Å². The molecule has 0 aliphatic rings. The van der Waals surface area contributed by atoms with Gasteiger partial charge in [-0.25, -0.2) is 9.97 Å². The highest BCUT2D eigenvalue weighted by Gasteiger charge is 2.11. The van der Waals surface area contributed by atoms with E-state index < -0.39 is 7.60 Å². The quantitative estimate of drug-likeness (QED) is 0.659. The minimum absolute atomic E-state index is 0.156. The van der Waals surface area contributed by atoms with E-state index in [4.69, 9.17) is 14.4 Å². The van der Waals surface area contributed by atoms with Crippen molar-refractivity contribution in [2.45, 2.75) is 0 Å². The highest BCUT2D eigenvalue weighted by molar-refractivity contribution is 7.58. The lowest BCUT2D eigenvalue weighted by atomic mass is 10.2. The monoisotopic (exact) mass is 360 g/mol. The SMILES string of the molecule is COc1cc2ncnc(Nc3ccc(P(=O)([O-])O)cc3)c2cc1OC. The molecule has 0 aliphatic carbocycles. The summed E-state index contributed by atoms with van der Waals surface area (Å²) in [7, 11) is -1.43. The van der Waals surface area contributed by atoms with Gasteiger partial charge < -0.3 is 29.1 Å². The first kappa shape index (κ1) is 17.2. The molecule has 3 rings (SSSR count). The van der Waals surface area contributed by atoms with E-state index in [1.807, 2.05) is 0 Å². The van der Waals surface area contributed by atoms with Crippen molar-refractivity contribution in [1.29, 1.82) is 0 Å². The van der Waals surface area contributed by atoms with Gasteiger partial charge in [-0.1, -0.05) is 0 Å². The molecule has 0 amide bonds. The van der Waals surface area contributed by atoms with Crippen LogP contribution in [0.1, 0.15) is 0 Å². The van der Waals surface area contributed by atoms with Gasteiger partial charge in [0.15, 0.2) is 19.1 Å². The molecule has 0 radical (unpaired) electrons. The van der Waals surface area contributed by atoms with Crippen molar-refractivity contribution in [3.63, 3.8) is 0 Å². The average molecular weight is 360 g/mol. The number of methoxy groups -OCH3 is 2. The van der Waals surface area contributed by atoms with Crippen LogP contribution in [0.5, 0.6) is 11.5 Å². The first-order valence-electron chi connectivity index (χ1n) is 7.20. The molecule has 2 N–H and O–H groups in total. The van der Waals surface area contributed by atoms with Crippen LogP contribution in [0, 0.1) is 0 Å². The van der Waals surface area contributed by atoms with Gasteiger partial charge in [-0.3, -0.25) is 0 Å². The summed E-state index contributed by atoms with van der Waals surface area (Å²) in [6, 6.07) is 9.18. The summed E-state index contributed by atoms with van der Waals surface area (Å²) in [5, 5.41) is 3.65. The number of ether oxygens (including phenoxy) is 2. The molecule has 1 unspecified atom stereocenters. The first-order chi connectivity index (χ1) is 11.9. The molecule has 9 heteroatoms. The topological polar surface area (TPSA) is 117 Å². The van der Waals surface area contributed by atoms with Gasteiger partial charge >= 0.3 is 0 Å². The van der Waals surface area contributed by atoms with Crippen molar-refractivity contribution in [3.05, 3.63) is 42.7 Å². The molecule has 0 saturated carbocycles. The number of benzene rings is 2. The molecule has 130 valence electrons. The lowest BCUT2D eigenvalue weighted by Gasteiger charge is -2.16. The maximum Gasteiger partial charge on any atom is 0.162 e. The summed E-state index contributed by atoms with van der Waals surface area (Å²) >= 11 is 0. The van der Waals surface area contributed by atoms with Crippen molar-refractivity contribution in [2.75, 3.05) is 19.5 Å². The fraction of sp³-hybridized carbons (Fsp3) is 0.125. The van der Waals surface area contributed by atoms with Gasteiger partial charge in [0.25, 0.3) is 0 Å². The van der Waals surface area contributed by atoms with Gasteiger partial charge in [0, 0.05) is 22.4 Å². The predicted octanol–water partition coefficient (Wildman–Crippen LogP) is 1.56. The average Bonchev–Trinajstić information content (AvgIpc) is 2.60. The number of hydrogen-bond acceptors (Lipinski definition) is 7. The molecule has 1 heterocycles. The second-order valence-corrected chi connectivity index (χ2v) is 6.70. The minimum atomic E-state index is -4.51. The van der Waals surface area contributed by atoms with Gasteiger partial charge in [0.05, 0.1) is 19.7 Å². The molecule has 0 saturated heterocycles. The Bertz CT molecular complexity index is 956. The summed E-state index contributed by atoms with van der Waals surface area (Å²) in [6.07, 6.45) is 1.41. The Morgan fingerprint density at radius 3 is 2.32 bits per heavy atom. The largest absolute Gasteiger partial charge is 0.775 e. The Balaban J connectivity index is 2.00. The Labute approximate surface area is 143 Å². The van der Waals surface area contributed by atoms with Gasteiger partial charge in [0.1, 0.15) is 12.1 Å². The Morgan fingerprint density at radius 2 is 1.72 bits per heavy atom. The normalized spacial score (nSPS) is 13.3. The number of aromatic nitrogens is 2. The molecule has 0 spiro atoms. The highest BCUT2D eigenvalue weighted by Crippen LogP contribution is 2.34. The van der Waals surface area contributed by atoms with E-state index in [9.17, 15) is 9.46 Å². The van der Waals surface area contributed by atoms with Crippen LogP contribution in [0.2, 0.25) is 0 Å². The van der Waals surface area contributed by atoms with Gasteiger partial charge in [-0.05, 0) is 30.3 Å². The van der Waals surface area contributed by atoms with Crippen molar-refractivity contribution in [1.82, 2.24) is 9.97 Å². The van der Waals surface area contributed by atoms with Gasteiger partial charge in [-0.15, -0.1) is 0 Å². The molecule has 0 fully saturated rings. The van der Waals surface area contributed by atoms with E-state index in [1.165, 1.54) is 37.7 Å². The molecule has 1 atom stereocenters.